The molecule has 4 atom stereocenters. The van der Waals surface area contributed by atoms with E-state index in [0.717, 1.165) is 0 Å². The molecule has 0 aliphatic carbocycles. The Hall–Kier alpha value is -3.52. The minimum absolute atomic E-state index is 0.118. The van der Waals surface area contributed by atoms with Gasteiger partial charge in [0.25, 0.3) is 0 Å². The summed E-state index contributed by atoms with van der Waals surface area (Å²) in [4.78, 5) is 12.5. The first-order chi connectivity index (χ1) is 15.5. The van der Waals surface area contributed by atoms with Gasteiger partial charge in [-0.3, -0.25) is 4.57 Å². The Labute approximate surface area is 182 Å². The molecule has 32 heavy (non-hydrogen) atoms. The van der Waals surface area contributed by atoms with Crippen molar-refractivity contribution in [3.8, 4) is 11.5 Å². The van der Waals surface area contributed by atoms with Gasteiger partial charge in [-0.05, 0) is 23.8 Å². The molecule has 170 valence electrons. The molecule has 0 saturated carbocycles. The maximum Gasteiger partial charge on any atom is 0.228 e. The van der Waals surface area contributed by atoms with Crippen molar-refractivity contribution in [1.82, 2.24) is 19.5 Å². The lowest BCUT2D eigenvalue weighted by Crippen LogP contribution is -2.33. The van der Waals surface area contributed by atoms with Crippen LogP contribution in [0, 0.1) is 0 Å². The number of hydrogen-bond acceptors (Lipinski definition) is 12. The van der Waals surface area contributed by atoms with Crippen LogP contribution >= 0.6 is 0 Å². The number of nitrogens with two attached hydrogens (primary N) is 1. The van der Waals surface area contributed by atoms with Gasteiger partial charge < -0.3 is 35.3 Å². The van der Waals surface area contributed by atoms with Crippen molar-refractivity contribution in [1.29, 1.82) is 0 Å². The second kappa shape index (κ2) is 8.92. The normalized spacial score (nSPS) is 23.2. The molecule has 0 bridgehead atoms. The maximum atomic E-state index is 10.5. The van der Waals surface area contributed by atoms with Crippen LogP contribution in [0.1, 0.15) is 11.8 Å². The molecule has 0 radical (unpaired) electrons. The van der Waals surface area contributed by atoms with Gasteiger partial charge in [0.15, 0.2) is 34.7 Å². The van der Waals surface area contributed by atoms with Crippen molar-refractivity contribution >= 4 is 29.1 Å². The number of hydrogen-bond donors (Lipinski definition) is 5. The first-order valence-electron chi connectivity index (χ1n) is 9.60. The van der Waals surface area contributed by atoms with E-state index >= 15 is 0 Å². The molecule has 1 aliphatic rings. The summed E-state index contributed by atoms with van der Waals surface area (Å²) in [7, 11) is 3.08. The highest BCUT2D eigenvalue weighted by atomic mass is 16.6. The van der Waals surface area contributed by atoms with Gasteiger partial charge in [0.2, 0.25) is 5.95 Å². The zero-order chi connectivity index (χ0) is 22.8. The molecule has 0 amide bonds. The molecule has 3 heterocycles. The van der Waals surface area contributed by atoms with E-state index in [2.05, 4.69) is 25.5 Å². The predicted octanol–water partition coefficient (Wildman–Crippen LogP) is -0.517. The number of aromatic nitrogens is 4. The number of hydrazone groups is 1. The van der Waals surface area contributed by atoms with Gasteiger partial charge in [0.1, 0.15) is 24.6 Å². The molecule has 0 spiro atoms. The molecule has 2 aromatic heterocycles. The Kier molecular flexibility index (Phi) is 6.05. The predicted molar refractivity (Wildman–Crippen MR) is 114 cm³/mol. The zero-order valence-corrected chi connectivity index (χ0v) is 17.3. The number of anilines is 2. The Morgan fingerprint density at radius 1 is 1.22 bits per heavy atom. The molecule has 1 aromatic carbocycles. The number of nitrogens with one attached hydrogen (secondary N) is 1. The highest BCUT2D eigenvalue weighted by Gasteiger charge is 2.45. The average molecular weight is 445 g/mol. The van der Waals surface area contributed by atoms with Crippen molar-refractivity contribution in [3.05, 3.63) is 30.1 Å². The number of nitrogens with zero attached hydrogens (tertiary/aromatic N) is 5. The molecule has 1 fully saturated rings. The standard InChI is InChI=1S/C19H23N7O6/c1-30-10-4-3-9(5-11(10)31-2)6-23-25-19-24-13-16(20)21-8-22-17(13)26(19)18-15(29)14(28)12(7-27)32-18/h3-6,8,12,14-15,18,27-29H,7H2,1-2H3,(H,24,25)(H2,20,21,22)/b23-6-/t12-,14+,15-,18-/m0/s1. The van der Waals surface area contributed by atoms with Crippen LogP contribution in [0.15, 0.2) is 29.6 Å². The van der Waals surface area contributed by atoms with E-state index in [-0.39, 0.29) is 22.9 Å². The van der Waals surface area contributed by atoms with Gasteiger partial charge in [-0.2, -0.15) is 5.10 Å². The van der Waals surface area contributed by atoms with Gasteiger partial charge >= 0.3 is 0 Å². The fourth-order valence-corrected chi connectivity index (χ4v) is 3.44. The highest BCUT2D eigenvalue weighted by Crippen LogP contribution is 2.35. The number of imidazole rings is 1. The number of benzene rings is 1. The van der Waals surface area contributed by atoms with E-state index in [0.29, 0.717) is 17.1 Å². The van der Waals surface area contributed by atoms with E-state index < -0.39 is 31.1 Å². The number of rotatable bonds is 7. The summed E-state index contributed by atoms with van der Waals surface area (Å²) in [6.45, 7) is -0.474. The number of aliphatic hydroxyl groups excluding tert-OH is 3. The summed E-state index contributed by atoms with van der Waals surface area (Å²) in [5, 5.41) is 34.3. The summed E-state index contributed by atoms with van der Waals surface area (Å²) in [6.07, 6.45) is -1.96. The lowest BCUT2D eigenvalue weighted by Gasteiger charge is -2.18. The summed E-state index contributed by atoms with van der Waals surface area (Å²) in [5.74, 6) is 1.38. The van der Waals surface area contributed by atoms with Crippen LogP contribution in [-0.2, 0) is 4.74 Å². The van der Waals surface area contributed by atoms with Crippen molar-refractivity contribution < 1.29 is 29.5 Å². The van der Waals surface area contributed by atoms with Crippen molar-refractivity contribution in [2.24, 2.45) is 5.10 Å². The summed E-state index contributed by atoms with van der Waals surface area (Å²) >= 11 is 0. The van der Waals surface area contributed by atoms with Gasteiger partial charge in [-0.15, -0.1) is 0 Å². The molecule has 13 heteroatoms. The number of ether oxygens (including phenoxy) is 3. The molecule has 1 aliphatic heterocycles. The third-order valence-corrected chi connectivity index (χ3v) is 5.06. The Bertz CT molecular complexity index is 1140. The zero-order valence-electron chi connectivity index (χ0n) is 17.3. The first kappa shape index (κ1) is 21.7. The number of methoxy groups -OCH3 is 2. The van der Waals surface area contributed by atoms with E-state index in [1.807, 2.05) is 0 Å². The van der Waals surface area contributed by atoms with Crippen LogP contribution in [-0.4, -0.2) is 80.2 Å². The van der Waals surface area contributed by atoms with E-state index in [1.165, 1.54) is 24.2 Å². The monoisotopic (exact) mass is 445 g/mol. The summed E-state index contributed by atoms with van der Waals surface area (Å²) in [6, 6.07) is 5.26. The number of fused-ring (bicyclic) bond motifs is 1. The van der Waals surface area contributed by atoms with Gasteiger partial charge in [0, 0.05) is 0 Å². The van der Waals surface area contributed by atoms with E-state index in [9.17, 15) is 15.3 Å². The van der Waals surface area contributed by atoms with Crippen molar-refractivity contribution in [2.45, 2.75) is 24.5 Å². The topological polar surface area (TPSA) is 182 Å². The third kappa shape index (κ3) is 3.78. The molecule has 4 rings (SSSR count). The van der Waals surface area contributed by atoms with Crippen LogP contribution in [0.4, 0.5) is 11.8 Å². The minimum atomic E-state index is -1.35. The van der Waals surface area contributed by atoms with E-state index in [4.69, 9.17) is 19.9 Å². The number of aliphatic hydroxyl groups is 3. The van der Waals surface area contributed by atoms with Gasteiger partial charge in [-0.25, -0.2) is 20.4 Å². The van der Waals surface area contributed by atoms with Gasteiger partial charge in [0.05, 0.1) is 27.0 Å². The Balaban J connectivity index is 1.68. The van der Waals surface area contributed by atoms with Crippen LogP contribution in [0.2, 0.25) is 0 Å². The molecule has 0 unspecified atom stereocenters. The molecular weight excluding hydrogens is 422 g/mol. The fraction of sp³-hybridized carbons (Fsp3) is 0.368. The van der Waals surface area contributed by atoms with Gasteiger partial charge in [-0.1, -0.05) is 0 Å². The summed E-state index contributed by atoms with van der Waals surface area (Å²) < 4.78 is 17.5. The lowest BCUT2D eigenvalue weighted by molar-refractivity contribution is -0.0501. The Morgan fingerprint density at radius 3 is 2.69 bits per heavy atom. The van der Waals surface area contributed by atoms with Crippen LogP contribution in [0.3, 0.4) is 0 Å². The molecular formula is C19H23N7O6. The fourth-order valence-electron chi connectivity index (χ4n) is 3.44. The van der Waals surface area contributed by atoms with Crippen LogP contribution in [0.25, 0.3) is 11.2 Å². The largest absolute Gasteiger partial charge is 0.493 e. The minimum Gasteiger partial charge on any atom is -0.493 e. The maximum absolute atomic E-state index is 10.5. The highest BCUT2D eigenvalue weighted by molar-refractivity contribution is 5.85. The summed E-state index contributed by atoms with van der Waals surface area (Å²) in [5.41, 5.74) is 9.93. The Morgan fingerprint density at radius 2 is 2.00 bits per heavy atom. The van der Waals surface area contributed by atoms with Crippen molar-refractivity contribution in [2.75, 3.05) is 32.0 Å². The van der Waals surface area contributed by atoms with Crippen LogP contribution < -0.4 is 20.6 Å². The lowest BCUT2D eigenvalue weighted by atomic mass is 10.1. The molecule has 3 aromatic rings. The SMILES string of the molecule is COc1ccc(/C=N\Nc2nc3c(N)ncnc3n2[C@H]2O[C@@H](CO)[C@@H](O)[C@@H]2O)cc1OC. The van der Waals surface area contributed by atoms with E-state index in [1.54, 1.807) is 25.3 Å². The molecule has 6 N–H and O–H groups in total. The molecule has 13 nitrogen and oxygen atoms in total. The van der Waals surface area contributed by atoms with Crippen molar-refractivity contribution in [3.63, 3.8) is 0 Å². The number of nitrogen functional groups attached to an aromatic ring is 1. The smallest absolute Gasteiger partial charge is 0.228 e. The molecule has 1 saturated heterocycles. The third-order valence-electron chi connectivity index (χ3n) is 5.06. The second-order valence-corrected chi connectivity index (χ2v) is 6.95. The quantitative estimate of drug-likeness (QED) is 0.233. The average Bonchev–Trinajstić information content (AvgIpc) is 3.31. The van der Waals surface area contributed by atoms with Crippen LogP contribution in [0.5, 0.6) is 11.5 Å². The first-order valence-corrected chi connectivity index (χ1v) is 9.60. The second-order valence-electron chi connectivity index (χ2n) is 6.95.